The molecule has 0 amide bonds. The zero-order chi connectivity index (χ0) is 10.4. The van der Waals surface area contributed by atoms with E-state index in [2.05, 4.69) is 11.4 Å². The lowest BCUT2D eigenvalue weighted by Crippen LogP contribution is -2.37. The Kier molecular flexibility index (Phi) is 4.33. The Morgan fingerprint density at radius 2 is 2.50 bits per heavy atom. The van der Waals surface area contributed by atoms with Crippen molar-refractivity contribution in [2.24, 2.45) is 5.41 Å². The molecule has 0 bridgehead atoms. The molecule has 1 fully saturated rings. The van der Waals surface area contributed by atoms with Crippen molar-refractivity contribution in [3.8, 4) is 6.07 Å². The minimum absolute atomic E-state index is 0.457. The smallest absolute Gasteiger partial charge is 0.0832 e. The Morgan fingerprint density at radius 3 is 3.00 bits per heavy atom. The van der Waals surface area contributed by atoms with Crippen LogP contribution in [0.2, 0.25) is 0 Å². The van der Waals surface area contributed by atoms with Gasteiger partial charge in [-0.05, 0) is 26.3 Å². The molecule has 0 unspecified atom stereocenters. The Hall–Kier alpha value is -0.630. The minimum Gasteiger partial charge on any atom is -0.392 e. The van der Waals surface area contributed by atoms with E-state index in [1.54, 1.807) is 7.05 Å². The first-order valence-corrected chi connectivity index (χ1v) is 5.04. The fraction of sp³-hybridized carbons (Fsp3) is 0.900. The van der Waals surface area contributed by atoms with E-state index in [4.69, 9.17) is 10.00 Å². The number of rotatable bonds is 4. The van der Waals surface area contributed by atoms with Gasteiger partial charge in [0.05, 0.1) is 24.2 Å². The molecule has 0 aromatic rings. The van der Waals surface area contributed by atoms with Gasteiger partial charge in [-0.1, -0.05) is 0 Å². The molecule has 0 radical (unpaired) electrons. The van der Waals surface area contributed by atoms with Gasteiger partial charge in [0.15, 0.2) is 0 Å². The zero-order valence-corrected chi connectivity index (χ0v) is 8.62. The van der Waals surface area contributed by atoms with Crippen molar-refractivity contribution < 1.29 is 9.84 Å². The van der Waals surface area contributed by atoms with Gasteiger partial charge >= 0.3 is 0 Å². The van der Waals surface area contributed by atoms with Gasteiger partial charge in [-0.3, -0.25) is 0 Å². The van der Waals surface area contributed by atoms with E-state index in [1.807, 2.05) is 0 Å². The molecule has 1 rings (SSSR count). The first-order valence-electron chi connectivity index (χ1n) is 5.04. The lowest BCUT2D eigenvalue weighted by molar-refractivity contribution is -0.00443. The number of nitrogens with zero attached hydrogens (tertiary/aromatic N) is 1. The SMILES string of the molecule is CNC[C@@H](O)C[C@]1(C#N)CCCOC1. The van der Waals surface area contributed by atoms with Crippen LogP contribution in [0.3, 0.4) is 0 Å². The van der Waals surface area contributed by atoms with Crippen LogP contribution in [0.25, 0.3) is 0 Å². The molecular weight excluding hydrogens is 180 g/mol. The number of nitrogens with one attached hydrogen (secondary N) is 1. The summed E-state index contributed by atoms with van der Waals surface area (Å²) in [6, 6.07) is 2.29. The molecule has 0 saturated carbocycles. The molecule has 14 heavy (non-hydrogen) atoms. The van der Waals surface area contributed by atoms with E-state index in [9.17, 15) is 5.11 Å². The zero-order valence-electron chi connectivity index (χ0n) is 8.62. The number of aliphatic hydroxyl groups is 1. The standard InChI is InChI=1S/C10H18N2O2/c1-12-6-9(13)5-10(7-11)3-2-4-14-8-10/h9,12-13H,2-6,8H2,1H3/t9-,10-/m0/s1. The van der Waals surface area contributed by atoms with Crippen LogP contribution in [0.4, 0.5) is 0 Å². The van der Waals surface area contributed by atoms with E-state index >= 15 is 0 Å². The Balaban J connectivity index is 2.48. The third-order valence-corrected chi connectivity index (χ3v) is 2.63. The maximum Gasteiger partial charge on any atom is 0.0832 e. The van der Waals surface area contributed by atoms with Crippen LogP contribution in [0.5, 0.6) is 0 Å². The second-order valence-electron chi connectivity index (χ2n) is 3.96. The number of hydrogen-bond acceptors (Lipinski definition) is 4. The summed E-state index contributed by atoms with van der Waals surface area (Å²) in [7, 11) is 1.79. The van der Waals surface area contributed by atoms with E-state index in [1.165, 1.54) is 0 Å². The van der Waals surface area contributed by atoms with Crippen molar-refractivity contribution in [3.63, 3.8) is 0 Å². The Bertz CT molecular complexity index is 207. The third kappa shape index (κ3) is 2.95. The number of aliphatic hydroxyl groups excluding tert-OH is 1. The molecule has 1 heterocycles. The topological polar surface area (TPSA) is 65.3 Å². The molecular formula is C10H18N2O2. The molecule has 1 aliphatic heterocycles. The maximum atomic E-state index is 9.63. The van der Waals surface area contributed by atoms with Crippen molar-refractivity contribution in [1.29, 1.82) is 5.26 Å². The number of hydrogen-bond donors (Lipinski definition) is 2. The molecule has 4 heteroatoms. The normalized spacial score (nSPS) is 29.5. The molecule has 2 N–H and O–H groups in total. The van der Waals surface area contributed by atoms with Crippen LogP contribution in [-0.4, -0.2) is 38.0 Å². The molecule has 1 aliphatic rings. The molecule has 1 saturated heterocycles. The van der Waals surface area contributed by atoms with E-state index in [-0.39, 0.29) is 0 Å². The minimum atomic E-state index is -0.464. The second kappa shape index (κ2) is 5.30. The van der Waals surface area contributed by atoms with Gasteiger partial charge in [0, 0.05) is 13.2 Å². The monoisotopic (exact) mass is 198 g/mol. The van der Waals surface area contributed by atoms with Gasteiger partial charge in [-0.25, -0.2) is 0 Å². The molecule has 0 aromatic heterocycles. The van der Waals surface area contributed by atoms with Crippen molar-refractivity contribution in [3.05, 3.63) is 0 Å². The van der Waals surface area contributed by atoms with Gasteiger partial charge in [0.1, 0.15) is 0 Å². The number of nitriles is 1. The Labute approximate surface area is 84.9 Å². The summed E-state index contributed by atoms with van der Waals surface area (Å²) in [4.78, 5) is 0. The molecule has 0 aromatic carbocycles. The summed E-state index contributed by atoms with van der Waals surface area (Å²) >= 11 is 0. The fourth-order valence-corrected chi connectivity index (χ4v) is 1.91. The fourth-order valence-electron chi connectivity index (χ4n) is 1.91. The highest BCUT2D eigenvalue weighted by atomic mass is 16.5. The summed E-state index contributed by atoms with van der Waals surface area (Å²) in [5.74, 6) is 0. The highest BCUT2D eigenvalue weighted by molar-refractivity contribution is 5.01. The average Bonchev–Trinajstić information content (AvgIpc) is 2.19. The van der Waals surface area contributed by atoms with Crippen molar-refractivity contribution in [2.45, 2.75) is 25.4 Å². The van der Waals surface area contributed by atoms with E-state index < -0.39 is 11.5 Å². The third-order valence-electron chi connectivity index (χ3n) is 2.63. The molecule has 0 aliphatic carbocycles. The van der Waals surface area contributed by atoms with Gasteiger partial charge < -0.3 is 15.2 Å². The molecule has 80 valence electrons. The van der Waals surface area contributed by atoms with Gasteiger partial charge in [-0.15, -0.1) is 0 Å². The van der Waals surface area contributed by atoms with Crippen molar-refractivity contribution >= 4 is 0 Å². The number of ether oxygens (including phenoxy) is 1. The summed E-state index contributed by atoms with van der Waals surface area (Å²) < 4.78 is 5.30. The maximum absolute atomic E-state index is 9.63. The average molecular weight is 198 g/mol. The van der Waals surface area contributed by atoms with Crippen LogP contribution in [0.1, 0.15) is 19.3 Å². The van der Waals surface area contributed by atoms with E-state index in [0.717, 1.165) is 19.4 Å². The molecule has 0 spiro atoms. The lowest BCUT2D eigenvalue weighted by Gasteiger charge is -2.32. The van der Waals surface area contributed by atoms with Crippen molar-refractivity contribution in [1.82, 2.24) is 5.32 Å². The van der Waals surface area contributed by atoms with E-state index in [0.29, 0.717) is 19.6 Å². The van der Waals surface area contributed by atoms with Crippen LogP contribution in [-0.2, 0) is 4.74 Å². The van der Waals surface area contributed by atoms with Crippen LogP contribution >= 0.6 is 0 Å². The molecule has 2 atom stereocenters. The van der Waals surface area contributed by atoms with Gasteiger partial charge in [0.2, 0.25) is 0 Å². The first kappa shape index (κ1) is 11.4. The Morgan fingerprint density at radius 1 is 1.71 bits per heavy atom. The summed E-state index contributed by atoms with van der Waals surface area (Å²) in [5, 5.41) is 21.6. The van der Waals surface area contributed by atoms with Crippen LogP contribution < -0.4 is 5.32 Å². The summed E-state index contributed by atoms with van der Waals surface area (Å²) in [6.45, 7) is 1.74. The highest BCUT2D eigenvalue weighted by Gasteiger charge is 2.34. The lowest BCUT2D eigenvalue weighted by atomic mass is 9.79. The van der Waals surface area contributed by atoms with Crippen molar-refractivity contribution in [2.75, 3.05) is 26.8 Å². The summed E-state index contributed by atoms with van der Waals surface area (Å²) in [5.41, 5.74) is -0.464. The van der Waals surface area contributed by atoms with Crippen LogP contribution in [0.15, 0.2) is 0 Å². The first-order chi connectivity index (χ1) is 6.72. The van der Waals surface area contributed by atoms with Gasteiger partial charge in [-0.2, -0.15) is 5.26 Å². The quantitative estimate of drug-likeness (QED) is 0.681. The van der Waals surface area contributed by atoms with Gasteiger partial charge in [0.25, 0.3) is 0 Å². The second-order valence-corrected chi connectivity index (χ2v) is 3.96. The van der Waals surface area contributed by atoms with Crippen LogP contribution in [0, 0.1) is 16.7 Å². The number of likely N-dealkylation sites (N-methyl/N-ethyl adjacent to an activating group) is 1. The largest absolute Gasteiger partial charge is 0.392 e. The highest BCUT2D eigenvalue weighted by Crippen LogP contribution is 2.32. The predicted octanol–water partition coefficient (Wildman–Crippen LogP) is 0.277. The predicted molar refractivity (Wildman–Crippen MR) is 52.6 cm³/mol. The molecule has 4 nitrogen and oxygen atoms in total. The summed E-state index contributed by atoms with van der Waals surface area (Å²) in [6.07, 6.45) is 1.80.